The van der Waals surface area contributed by atoms with Crippen molar-refractivity contribution in [1.29, 1.82) is 0 Å². The Morgan fingerprint density at radius 1 is 1.05 bits per heavy atom. The number of halogens is 1. The van der Waals surface area contributed by atoms with Crippen LogP contribution in [-0.4, -0.2) is 57.2 Å². The highest BCUT2D eigenvalue weighted by Crippen LogP contribution is 2.31. The minimum Gasteiger partial charge on any atom is -0.324 e. The maximum atomic E-state index is 13.1. The summed E-state index contributed by atoms with van der Waals surface area (Å²) in [5, 5.41) is 22.8. The van der Waals surface area contributed by atoms with Crippen LogP contribution in [-0.2, 0) is 14.8 Å². The Labute approximate surface area is 243 Å². The number of amides is 1. The first-order chi connectivity index (χ1) is 19.1. The summed E-state index contributed by atoms with van der Waals surface area (Å²) < 4.78 is 29.8. The number of benzene rings is 3. The number of carbonyl (C=O) groups is 1. The smallest absolute Gasteiger partial charge is 0.270 e. The minimum atomic E-state index is -3.69. The number of hydrogen-bond donors (Lipinski definition) is 1. The molecule has 0 aliphatic carbocycles. The van der Waals surface area contributed by atoms with Crippen LogP contribution in [0.5, 0.6) is 0 Å². The predicted molar refractivity (Wildman–Crippen MR) is 157 cm³/mol. The third-order valence-corrected chi connectivity index (χ3v) is 9.48. The first kappa shape index (κ1) is 29.4. The Hall–Kier alpha value is -3.59. The molecule has 4 rings (SSSR count). The fraction of sp³-hybridized carbons (Fsp3) is 0.192. The lowest BCUT2D eigenvalue weighted by molar-refractivity contribution is -0.384. The van der Waals surface area contributed by atoms with Crippen molar-refractivity contribution in [3.05, 3.63) is 87.4 Å². The van der Waals surface area contributed by atoms with E-state index in [1.54, 1.807) is 42.7 Å². The molecule has 0 saturated heterocycles. The summed E-state index contributed by atoms with van der Waals surface area (Å²) in [6.45, 7) is 4.28. The number of rotatable bonds is 11. The van der Waals surface area contributed by atoms with E-state index in [4.69, 9.17) is 0 Å². The highest BCUT2D eigenvalue weighted by atomic mass is 79.9. The lowest BCUT2D eigenvalue weighted by Gasteiger charge is -2.19. The number of aromatic nitrogens is 3. The summed E-state index contributed by atoms with van der Waals surface area (Å²) >= 11 is 4.40. The van der Waals surface area contributed by atoms with Gasteiger partial charge in [-0.05, 0) is 46.3 Å². The maximum absolute atomic E-state index is 13.1. The molecule has 14 heteroatoms. The lowest BCUT2D eigenvalue weighted by Crippen LogP contribution is -2.30. The maximum Gasteiger partial charge on any atom is 0.270 e. The molecule has 0 aliphatic rings. The molecule has 4 aromatic rings. The average Bonchev–Trinajstić information content (AvgIpc) is 3.38. The number of sulfonamides is 1. The van der Waals surface area contributed by atoms with Crippen LogP contribution < -0.4 is 5.32 Å². The first-order valence-corrected chi connectivity index (χ1v) is 15.4. The van der Waals surface area contributed by atoms with E-state index in [0.717, 1.165) is 17.4 Å². The summed E-state index contributed by atoms with van der Waals surface area (Å²) in [6, 6.07) is 19.9. The standard InChI is InChI=1S/C26H25BrN6O5S2/c1-3-31(4-2)40(37,38)21-12-8-9-18(15-21)25-29-30-26(32(25)19-10-6-5-7-11-19)39-17-24(34)28-23-14-13-20(33(35)36)16-22(23)27/h5-16H,3-4,17H2,1-2H3,(H,28,34). The van der Waals surface area contributed by atoms with E-state index in [9.17, 15) is 23.3 Å². The molecule has 3 aromatic carbocycles. The SMILES string of the molecule is CCN(CC)S(=O)(=O)c1cccc(-c2nnc(SCC(=O)Nc3ccc([N+](=O)[O-])cc3Br)n2-c2ccccc2)c1. The van der Waals surface area contributed by atoms with Crippen LogP contribution >= 0.6 is 27.7 Å². The van der Waals surface area contributed by atoms with Gasteiger partial charge in [0.2, 0.25) is 15.9 Å². The average molecular weight is 646 g/mol. The van der Waals surface area contributed by atoms with E-state index in [-0.39, 0.29) is 22.2 Å². The summed E-state index contributed by atoms with van der Waals surface area (Å²) in [5.74, 6) is 0.0463. The zero-order valence-corrected chi connectivity index (χ0v) is 24.7. The van der Waals surface area contributed by atoms with Gasteiger partial charge in [-0.15, -0.1) is 10.2 Å². The lowest BCUT2D eigenvalue weighted by atomic mass is 10.2. The van der Waals surface area contributed by atoms with E-state index in [1.165, 1.54) is 22.5 Å². The van der Waals surface area contributed by atoms with Gasteiger partial charge in [0.15, 0.2) is 11.0 Å². The highest BCUT2D eigenvalue weighted by Gasteiger charge is 2.24. The molecule has 0 saturated carbocycles. The zero-order valence-electron chi connectivity index (χ0n) is 21.5. The van der Waals surface area contributed by atoms with Crippen molar-refractivity contribution in [3.63, 3.8) is 0 Å². The molecular formula is C26H25BrN6O5S2. The van der Waals surface area contributed by atoms with Gasteiger partial charge in [-0.2, -0.15) is 4.31 Å². The molecule has 0 unspecified atom stereocenters. The zero-order chi connectivity index (χ0) is 28.9. The number of non-ortho nitro benzene ring substituents is 1. The van der Waals surface area contributed by atoms with Crippen molar-refractivity contribution in [3.8, 4) is 17.1 Å². The molecule has 0 bridgehead atoms. The second-order valence-corrected chi connectivity index (χ2v) is 12.1. The Bertz CT molecular complexity index is 1640. The quantitative estimate of drug-likeness (QED) is 0.131. The predicted octanol–water partition coefficient (Wildman–Crippen LogP) is 5.37. The molecule has 1 amide bonds. The highest BCUT2D eigenvalue weighted by molar-refractivity contribution is 9.10. The molecule has 0 spiro atoms. The Kier molecular flexibility index (Phi) is 9.35. The van der Waals surface area contributed by atoms with E-state index in [0.29, 0.717) is 39.8 Å². The molecule has 1 N–H and O–H groups in total. The second-order valence-electron chi connectivity index (χ2n) is 8.35. The summed E-state index contributed by atoms with van der Waals surface area (Å²) in [7, 11) is -3.69. The fourth-order valence-corrected chi connectivity index (χ4v) is 6.63. The van der Waals surface area contributed by atoms with Crippen LogP contribution in [0.4, 0.5) is 11.4 Å². The number of para-hydroxylation sites is 1. The topological polar surface area (TPSA) is 140 Å². The largest absolute Gasteiger partial charge is 0.324 e. The van der Waals surface area contributed by atoms with Crippen molar-refractivity contribution in [2.45, 2.75) is 23.9 Å². The summed E-state index contributed by atoms with van der Waals surface area (Å²) in [6.07, 6.45) is 0. The van der Waals surface area contributed by atoms with Crippen LogP contribution in [0.1, 0.15) is 13.8 Å². The van der Waals surface area contributed by atoms with Crippen LogP contribution in [0.3, 0.4) is 0 Å². The van der Waals surface area contributed by atoms with Crippen molar-refractivity contribution >= 4 is 55.0 Å². The number of nitro benzene ring substituents is 1. The van der Waals surface area contributed by atoms with Gasteiger partial charge in [0.25, 0.3) is 5.69 Å². The van der Waals surface area contributed by atoms with Crippen molar-refractivity contribution in [2.24, 2.45) is 0 Å². The number of nitro groups is 1. The van der Waals surface area contributed by atoms with Crippen molar-refractivity contribution in [2.75, 3.05) is 24.2 Å². The molecule has 40 heavy (non-hydrogen) atoms. The summed E-state index contributed by atoms with van der Waals surface area (Å²) in [5.41, 5.74) is 1.58. The summed E-state index contributed by atoms with van der Waals surface area (Å²) in [4.78, 5) is 23.3. The number of thioether (sulfide) groups is 1. The van der Waals surface area contributed by atoms with Gasteiger partial charge < -0.3 is 5.32 Å². The van der Waals surface area contributed by atoms with Gasteiger partial charge in [0.1, 0.15) is 0 Å². The van der Waals surface area contributed by atoms with Gasteiger partial charge in [0.05, 0.1) is 21.3 Å². The third kappa shape index (κ3) is 6.41. The molecule has 11 nitrogen and oxygen atoms in total. The van der Waals surface area contributed by atoms with Crippen molar-refractivity contribution in [1.82, 2.24) is 19.1 Å². The molecule has 208 valence electrons. The molecule has 0 radical (unpaired) electrons. The van der Waals surface area contributed by atoms with Gasteiger partial charge >= 0.3 is 0 Å². The van der Waals surface area contributed by atoms with Crippen LogP contribution in [0.25, 0.3) is 17.1 Å². The van der Waals surface area contributed by atoms with Gasteiger partial charge in [0, 0.05) is 40.9 Å². The minimum absolute atomic E-state index is 0.0230. The third-order valence-electron chi connectivity index (χ3n) is 5.85. The Balaban J connectivity index is 1.63. The van der Waals surface area contributed by atoms with Gasteiger partial charge in [-0.25, -0.2) is 8.42 Å². The van der Waals surface area contributed by atoms with Gasteiger partial charge in [-0.1, -0.05) is 55.9 Å². The van der Waals surface area contributed by atoms with Gasteiger partial charge in [-0.3, -0.25) is 19.5 Å². The molecule has 0 aliphatic heterocycles. The first-order valence-electron chi connectivity index (χ1n) is 12.1. The molecular weight excluding hydrogens is 620 g/mol. The van der Waals surface area contributed by atoms with E-state index in [2.05, 4.69) is 31.4 Å². The molecule has 0 fully saturated rings. The number of nitrogens with zero attached hydrogens (tertiary/aromatic N) is 5. The van der Waals surface area contributed by atoms with E-state index < -0.39 is 14.9 Å². The van der Waals surface area contributed by atoms with E-state index >= 15 is 0 Å². The molecule has 0 atom stereocenters. The van der Waals surface area contributed by atoms with Crippen molar-refractivity contribution < 1.29 is 18.1 Å². The number of anilines is 1. The van der Waals surface area contributed by atoms with Crippen LogP contribution in [0.15, 0.2) is 87.3 Å². The van der Waals surface area contributed by atoms with E-state index in [1.807, 2.05) is 30.3 Å². The normalized spacial score (nSPS) is 11.5. The second kappa shape index (κ2) is 12.7. The van der Waals surface area contributed by atoms with Crippen LogP contribution in [0, 0.1) is 10.1 Å². The molecule has 1 heterocycles. The fourth-order valence-electron chi connectivity index (χ4n) is 3.90. The number of carbonyl (C=O) groups excluding carboxylic acids is 1. The molecule has 1 aromatic heterocycles. The number of hydrogen-bond acceptors (Lipinski definition) is 8. The van der Waals surface area contributed by atoms with Crippen LogP contribution in [0.2, 0.25) is 0 Å². The Morgan fingerprint density at radius 2 is 1.77 bits per heavy atom. The number of nitrogens with one attached hydrogen (secondary N) is 1. The Morgan fingerprint density at radius 3 is 2.42 bits per heavy atom. The monoisotopic (exact) mass is 644 g/mol.